The zero-order valence-electron chi connectivity index (χ0n) is 8.97. The number of rotatable bonds is 3. The van der Waals surface area contributed by atoms with E-state index in [0.29, 0.717) is 5.02 Å². The molecule has 0 saturated heterocycles. The van der Waals surface area contributed by atoms with Crippen molar-refractivity contribution in [1.82, 2.24) is 0 Å². The van der Waals surface area contributed by atoms with Gasteiger partial charge in [0.05, 0.1) is 9.82 Å². The number of halogens is 2. The Morgan fingerprint density at radius 3 is 2.44 bits per heavy atom. The largest absolute Gasteiger partial charge is 0.318 e. The zero-order chi connectivity index (χ0) is 13.1. The molecule has 0 aliphatic carbocycles. The fraction of sp³-hybridized carbons (Fsp3) is 0. The summed E-state index contributed by atoms with van der Waals surface area (Å²) >= 11 is 6.87. The first-order chi connectivity index (χ1) is 8.58. The molecule has 0 aliphatic rings. The first-order valence-electron chi connectivity index (χ1n) is 4.94. The molecular weight excluding hydrogens is 277 g/mol. The average Bonchev–Trinajstić information content (AvgIpc) is 2.32. The van der Waals surface area contributed by atoms with Crippen molar-refractivity contribution in [3.05, 3.63) is 63.4 Å². The highest BCUT2D eigenvalue weighted by Gasteiger charge is 2.20. The van der Waals surface area contributed by atoms with Gasteiger partial charge in [-0.25, -0.2) is 0 Å². The highest BCUT2D eigenvalue weighted by Crippen LogP contribution is 2.36. The molecule has 0 amide bonds. The lowest BCUT2D eigenvalue weighted by atomic mass is 10.3. The van der Waals surface area contributed by atoms with E-state index >= 15 is 0 Å². The van der Waals surface area contributed by atoms with E-state index < -0.39 is 16.4 Å². The van der Waals surface area contributed by atoms with Crippen LogP contribution in [0.1, 0.15) is 0 Å². The average molecular weight is 284 g/mol. The molecule has 0 bridgehead atoms. The summed E-state index contributed by atoms with van der Waals surface area (Å²) in [6, 6.07) is 10.8. The molecule has 0 unspecified atom stereocenters. The lowest BCUT2D eigenvalue weighted by Gasteiger charge is -2.03. The second-order valence-electron chi connectivity index (χ2n) is 3.40. The summed E-state index contributed by atoms with van der Waals surface area (Å²) in [5, 5.41) is 11.4. The SMILES string of the molecule is O=[N+]([O-])c1c(F)cccc1Sc1ccc(Cl)cc1. The van der Waals surface area contributed by atoms with Crippen LogP contribution < -0.4 is 0 Å². The second kappa shape index (κ2) is 5.37. The van der Waals surface area contributed by atoms with Crippen LogP contribution in [0.3, 0.4) is 0 Å². The molecule has 0 N–H and O–H groups in total. The molecule has 18 heavy (non-hydrogen) atoms. The maximum absolute atomic E-state index is 13.4. The summed E-state index contributed by atoms with van der Waals surface area (Å²) < 4.78 is 13.4. The molecule has 0 radical (unpaired) electrons. The lowest BCUT2D eigenvalue weighted by Crippen LogP contribution is -1.94. The Balaban J connectivity index is 2.37. The molecule has 3 nitrogen and oxygen atoms in total. The molecular formula is C12H7ClFNO2S. The van der Waals surface area contributed by atoms with Crippen molar-refractivity contribution in [3.63, 3.8) is 0 Å². The Morgan fingerprint density at radius 1 is 1.17 bits per heavy atom. The van der Waals surface area contributed by atoms with Gasteiger partial charge in [-0.3, -0.25) is 10.1 Å². The van der Waals surface area contributed by atoms with E-state index in [4.69, 9.17) is 11.6 Å². The Bertz CT molecular complexity index is 589. The Kier molecular flexibility index (Phi) is 3.84. The van der Waals surface area contributed by atoms with Crippen LogP contribution in [0.25, 0.3) is 0 Å². The molecule has 0 fully saturated rings. The smallest absolute Gasteiger partial charge is 0.258 e. The first-order valence-corrected chi connectivity index (χ1v) is 6.13. The molecule has 0 aliphatic heterocycles. The van der Waals surface area contributed by atoms with Crippen LogP contribution in [0.4, 0.5) is 10.1 Å². The van der Waals surface area contributed by atoms with E-state index in [9.17, 15) is 14.5 Å². The topological polar surface area (TPSA) is 43.1 Å². The third kappa shape index (κ3) is 2.80. The van der Waals surface area contributed by atoms with Gasteiger partial charge in [-0.1, -0.05) is 29.4 Å². The minimum Gasteiger partial charge on any atom is -0.258 e. The Hall–Kier alpha value is -1.59. The molecule has 2 rings (SSSR count). The van der Waals surface area contributed by atoms with Crippen LogP contribution in [0.2, 0.25) is 5.02 Å². The summed E-state index contributed by atoms with van der Waals surface area (Å²) in [6.07, 6.45) is 0. The highest BCUT2D eigenvalue weighted by molar-refractivity contribution is 7.99. The van der Waals surface area contributed by atoms with E-state index in [1.54, 1.807) is 24.3 Å². The van der Waals surface area contributed by atoms with Crippen molar-refractivity contribution in [2.24, 2.45) is 0 Å². The number of nitrogens with zero attached hydrogens (tertiary/aromatic N) is 1. The van der Waals surface area contributed by atoms with Gasteiger partial charge in [0.1, 0.15) is 0 Å². The van der Waals surface area contributed by atoms with Gasteiger partial charge in [-0.2, -0.15) is 4.39 Å². The van der Waals surface area contributed by atoms with Crippen molar-refractivity contribution >= 4 is 29.1 Å². The number of nitro groups is 1. The maximum Gasteiger partial charge on any atom is 0.318 e. The molecule has 0 heterocycles. The van der Waals surface area contributed by atoms with E-state index in [2.05, 4.69) is 0 Å². The summed E-state index contributed by atoms with van der Waals surface area (Å²) in [7, 11) is 0. The molecule has 0 atom stereocenters. The summed E-state index contributed by atoms with van der Waals surface area (Å²) in [5.74, 6) is -0.834. The highest BCUT2D eigenvalue weighted by atomic mass is 35.5. The molecule has 2 aromatic rings. The van der Waals surface area contributed by atoms with Crippen molar-refractivity contribution < 1.29 is 9.31 Å². The monoisotopic (exact) mass is 283 g/mol. The molecule has 0 aromatic heterocycles. The predicted octanol–water partition coefficient (Wildman–Crippen LogP) is 4.54. The number of para-hydroxylation sites is 1. The lowest BCUT2D eigenvalue weighted by molar-refractivity contribution is -0.390. The van der Waals surface area contributed by atoms with Crippen LogP contribution in [-0.2, 0) is 0 Å². The van der Waals surface area contributed by atoms with Crippen molar-refractivity contribution in [2.75, 3.05) is 0 Å². The van der Waals surface area contributed by atoms with E-state index in [1.807, 2.05) is 0 Å². The molecule has 0 saturated carbocycles. The van der Waals surface area contributed by atoms with Crippen LogP contribution in [-0.4, -0.2) is 4.92 Å². The van der Waals surface area contributed by atoms with Gasteiger partial charge in [-0.15, -0.1) is 0 Å². The van der Waals surface area contributed by atoms with Crippen molar-refractivity contribution in [1.29, 1.82) is 0 Å². The van der Waals surface area contributed by atoms with Crippen LogP contribution in [0.5, 0.6) is 0 Å². The number of nitro benzene ring substituents is 1. The van der Waals surface area contributed by atoms with Crippen LogP contribution >= 0.6 is 23.4 Å². The summed E-state index contributed by atoms with van der Waals surface area (Å²) in [4.78, 5) is 11.1. The molecule has 92 valence electrons. The minimum atomic E-state index is -0.834. The number of hydrogen-bond acceptors (Lipinski definition) is 3. The molecule has 0 spiro atoms. The van der Waals surface area contributed by atoms with Crippen molar-refractivity contribution in [2.45, 2.75) is 9.79 Å². The van der Waals surface area contributed by atoms with Gasteiger partial charge in [0.15, 0.2) is 0 Å². The van der Waals surface area contributed by atoms with E-state index in [0.717, 1.165) is 22.7 Å². The fourth-order valence-electron chi connectivity index (χ4n) is 1.38. The standard InChI is InChI=1S/C12H7ClFNO2S/c13-8-4-6-9(7-5-8)18-11-3-1-2-10(14)12(11)15(16)17/h1-7H. The third-order valence-corrected chi connectivity index (χ3v) is 3.48. The first kappa shape index (κ1) is 12.9. The van der Waals surface area contributed by atoms with Gasteiger partial charge in [0, 0.05) is 9.92 Å². The maximum atomic E-state index is 13.4. The second-order valence-corrected chi connectivity index (χ2v) is 4.95. The number of hydrogen-bond donors (Lipinski definition) is 0. The summed E-state index contributed by atoms with van der Waals surface area (Å²) in [5.41, 5.74) is -0.502. The number of benzene rings is 2. The van der Waals surface area contributed by atoms with Gasteiger partial charge < -0.3 is 0 Å². The van der Waals surface area contributed by atoms with E-state index in [-0.39, 0.29) is 4.90 Å². The zero-order valence-corrected chi connectivity index (χ0v) is 10.5. The predicted molar refractivity (Wildman–Crippen MR) is 68.6 cm³/mol. The summed E-state index contributed by atoms with van der Waals surface area (Å²) in [6.45, 7) is 0. The van der Waals surface area contributed by atoms with Gasteiger partial charge >= 0.3 is 5.69 Å². The van der Waals surface area contributed by atoms with Gasteiger partial charge in [0.2, 0.25) is 5.82 Å². The quantitative estimate of drug-likeness (QED) is 0.613. The van der Waals surface area contributed by atoms with Gasteiger partial charge in [-0.05, 0) is 36.4 Å². The fourth-order valence-corrected chi connectivity index (χ4v) is 2.45. The molecule has 2 aromatic carbocycles. The normalized spacial score (nSPS) is 10.3. The van der Waals surface area contributed by atoms with Crippen LogP contribution in [0, 0.1) is 15.9 Å². The van der Waals surface area contributed by atoms with E-state index in [1.165, 1.54) is 12.1 Å². The van der Waals surface area contributed by atoms with Crippen molar-refractivity contribution in [3.8, 4) is 0 Å². The minimum absolute atomic E-state index is 0.266. The third-order valence-electron chi connectivity index (χ3n) is 2.17. The Labute approximate surface area is 112 Å². The Morgan fingerprint density at radius 2 is 1.83 bits per heavy atom. The van der Waals surface area contributed by atoms with Crippen LogP contribution in [0.15, 0.2) is 52.3 Å². The molecule has 6 heteroatoms. The van der Waals surface area contributed by atoms with Gasteiger partial charge in [0.25, 0.3) is 0 Å².